The van der Waals surface area contributed by atoms with Gasteiger partial charge >= 0.3 is 0 Å². The number of benzene rings is 1. The third-order valence-electron chi connectivity index (χ3n) is 3.51. The minimum absolute atomic E-state index is 0.0648. The maximum Gasteiger partial charge on any atom is 0.244 e. The maximum absolute atomic E-state index is 12.2. The number of methoxy groups -OCH3 is 1. The summed E-state index contributed by atoms with van der Waals surface area (Å²) >= 11 is 5.93. The van der Waals surface area contributed by atoms with Gasteiger partial charge in [-0.15, -0.1) is 0 Å². The number of carbonyl (C=O) groups is 2. The third kappa shape index (κ3) is 3.27. The van der Waals surface area contributed by atoms with Gasteiger partial charge in [0.15, 0.2) is 0 Å². The number of hydrogen-bond acceptors (Lipinski definition) is 4. The largest absolute Gasteiger partial charge is 0.495 e. The van der Waals surface area contributed by atoms with E-state index in [1.54, 1.807) is 30.5 Å². The molecule has 1 aliphatic rings. The van der Waals surface area contributed by atoms with Crippen LogP contribution >= 0.6 is 11.6 Å². The molecule has 0 bridgehead atoms. The first kappa shape index (κ1) is 15.3. The van der Waals surface area contributed by atoms with Crippen LogP contribution < -0.4 is 15.0 Å². The minimum atomic E-state index is -0.309. The summed E-state index contributed by atoms with van der Waals surface area (Å²) < 4.78 is 5.05. The molecule has 1 aliphatic heterocycles. The summed E-state index contributed by atoms with van der Waals surface area (Å²) in [5.41, 5.74) is 2.06. The normalized spacial score (nSPS) is 13.0. The fraction of sp³-hybridized carbons (Fsp3) is 0.188. The van der Waals surface area contributed by atoms with E-state index in [-0.39, 0.29) is 24.8 Å². The number of carbonyl (C=O) groups excluding carboxylic acids is 2. The Morgan fingerprint density at radius 3 is 3.00 bits per heavy atom. The van der Waals surface area contributed by atoms with Gasteiger partial charge in [0.05, 0.1) is 31.6 Å². The predicted molar refractivity (Wildman–Crippen MR) is 86.9 cm³/mol. The van der Waals surface area contributed by atoms with Crippen LogP contribution in [0.1, 0.15) is 5.56 Å². The highest BCUT2D eigenvalue weighted by Crippen LogP contribution is 2.31. The number of aromatic nitrogens is 1. The molecule has 2 heterocycles. The predicted octanol–water partition coefficient (Wildman–Crippen LogP) is 2.27. The molecule has 0 fully saturated rings. The zero-order valence-electron chi connectivity index (χ0n) is 12.4. The second-order valence-corrected chi connectivity index (χ2v) is 5.53. The van der Waals surface area contributed by atoms with Gasteiger partial charge in [-0.1, -0.05) is 11.6 Å². The summed E-state index contributed by atoms with van der Waals surface area (Å²) in [4.78, 5) is 29.7. The van der Waals surface area contributed by atoms with Crippen LogP contribution in [-0.2, 0) is 16.0 Å². The molecule has 2 aromatic rings. The first-order chi connectivity index (χ1) is 11.1. The lowest BCUT2D eigenvalue weighted by atomic mass is 10.2. The Kier molecular flexibility index (Phi) is 4.16. The zero-order chi connectivity index (χ0) is 16.4. The van der Waals surface area contributed by atoms with Crippen LogP contribution in [0.3, 0.4) is 0 Å². The van der Waals surface area contributed by atoms with Crippen molar-refractivity contribution >= 4 is 34.8 Å². The van der Waals surface area contributed by atoms with Gasteiger partial charge in [0.1, 0.15) is 12.3 Å². The van der Waals surface area contributed by atoms with Crippen molar-refractivity contribution < 1.29 is 14.3 Å². The molecule has 118 valence electrons. The van der Waals surface area contributed by atoms with Crippen molar-refractivity contribution in [2.45, 2.75) is 6.42 Å². The van der Waals surface area contributed by atoms with Crippen molar-refractivity contribution in [3.8, 4) is 5.75 Å². The number of halogens is 1. The fourth-order valence-electron chi connectivity index (χ4n) is 2.47. The monoisotopic (exact) mass is 331 g/mol. The lowest BCUT2D eigenvalue weighted by Gasteiger charge is -2.17. The first-order valence-electron chi connectivity index (χ1n) is 6.94. The summed E-state index contributed by atoms with van der Waals surface area (Å²) in [6, 6.07) is 6.86. The van der Waals surface area contributed by atoms with E-state index in [0.29, 0.717) is 16.5 Å². The van der Waals surface area contributed by atoms with Crippen molar-refractivity contribution in [3.05, 3.63) is 47.2 Å². The molecule has 1 aromatic carbocycles. The smallest absolute Gasteiger partial charge is 0.244 e. The topological polar surface area (TPSA) is 71.5 Å². The molecular weight excluding hydrogens is 318 g/mol. The van der Waals surface area contributed by atoms with Gasteiger partial charge in [0, 0.05) is 16.8 Å². The van der Waals surface area contributed by atoms with Gasteiger partial charge in [-0.25, -0.2) is 0 Å². The fourth-order valence-corrected chi connectivity index (χ4v) is 2.66. The van der Waals surface area contributed by atoms with Gasteiger partial charge in [-0.05, 0) is 23.8 Å². The zero-order valence-corrected chi connectivity index (χ0v) is 13.1. The molecule has 0 aliphatic carbocycles. The molecule has 0 atom stereocenters. The van der Waals surface area contributed by atoms with Crippen molar-refractivity contribution in [1.29, 1.82) is 0 Å². The molecule has 23 heavy (non-hydrogen) atoms. The van der Waals surface area contributed by atoms with E-state index < -0.39 is 0 Å². The third-order valence-corrected chi connectivity index (χ3v) is 3.74. The molecule has 3 rings (SSSR count). The summed E-state index contributed by atoms with van der Waals surface area (Å²) in [6.07, 6.45) is 3.31. The lowest BCUT2D eigenvalue weighted by Crippen LogP contribution is -2.35. The SMILES string of the molecule is COc1cncc(NC(=O)CN2C(=O)Cc3cc(Cl)ccc32)c1. The highest BCUT2D eigenvalue weighted by atomic mass is 35.5. The summed E-state index contributed by atoms with van der Waals surface area (Å²) in [5, 5.41) is 3.28. The molecule has 0 spiro atoms. The Morgan fingerprint density at radius 2 is 2.22 bits per heavy atom. The van der Waals surface area contributed by atoms with Crippen LogP contribution in [0.2, 0.25) is 5.02 Å². The number of ether oxygens (including phenoxy) is 1. The Bertz CT molecular complexity index is 779. The quantitative estimate of drug-likeness (QED) is 0.933. The molecule has 2 amide bonds. The Morgan fingerprint density at radius 1 is 1.39 bits per heavy atom. The molecular formula is C16H14ClN3O3. The molecule has 1 N–H and O–H groups in total. The van der Waals surface area contributed by atoms with Crippen LogP contribution in [-0.4, -0.2) is 30.5 Å². The molecule has 0 unspecified atom stereocenters. The van der Waals surface area contributed by atoms with Crippen LogP contribution in [0, 0.1) is 0 Å². The molecule has 1 aromatic heterocycles. The van der Waals surface area contributed by atoms with Crippen molar-refractivity contribution in [3.63, 3.8) is 0 Å². The average Bonchev–Trinajstić information content (AvgIpc) is 2.82. The van der Waals surface area contributed by atoms with E-state index in [1.165, 1.54) is 18.2 Å². The number of nitrogens with zero attached hydrogens (tertiary/aromatic N) is 2. The maximum atomic E-state index is 12.2. The number of fused-ring (bicyclic) bond motifs is 1. The van der Waals surface area contributed by atoms with E-state index in [9.17, 15) is 9.59 Å². The molecule has 6 nitrogen and oxygen atoms in total. The Labute approximate surface area is 138 Å². The summed E-state index contributed by atoms with van der Waals surface area (Å²) in [6.45, 7) is -0.0648. The lowest BCUT2D eigenvalue weighted by molar-refractivity contribution is -0.120. The van der Waals surface area contributed by atoms with E-state index in [0.717, 1.165) is 11.3 Å². The summed E-state index contributed by atoms with van der Waals surface area (Å²) in [5.74, 6) is 0.109. The summed E-state index contributed by atoms with van der Waals surface area (Å²) in [7, 11) is 1.52. The van der Waals surface area contributed by atoms with Gasteiger partial charge in [0.2, 0.25) is 11.8 Å². The Balaban J connectivity index is 1.72. The van der Waals surface area contributed by atoms with Crippen LogP contribution in [0.4, 0.5) is 11.4 Å². The van der Waals surface area contributed by atoms with E-state index in [4.69, 9.17) is 16.3 Å². The minimum Gasteiger partial charge on any atom is -0.495 e. The van der Waals surface area contributed by atoms with Gasteiger partial charge < -0.3 is 15.0 Å². The van der Waals surface area contributed by atoms with E-state index >= 15 is 0 Å². The molecule has 0 saturated heterocycles. The molecule has 0 saturated carbocycles. The van der Waals surface area contributed by atoms with Crippen molar-refractivity contribution in [2.75, 3.05) is 23.9 Å². The standard InChI is InChI=1S/C16H14ClN3O3/c1-23-13-6-12(7-18-8-13)19-15(21)9-20-14-3-2-11(17)4-10(14)5-16(20)22/h2-4,6-8H,5,9H2,1H3,(H,19,21). The highest BCUT2D eigenvalue weighted by molar-refractivity contribution is 6.31. The average molecular weight is 332 g/mol. The van der Waals surface area contributed by atoms with Crippen molar-refractivity contribution in [2.24, 2.45) is 0 Å². The van der Waals surface area contributed by atoms with Crippen molar-refractivity contribution in [1.82, 2.24) is 4.98 Å². The second-order valence-electron chi connectivity index (χ2n) is 5.09. The van der Waals surface area contributed by atoms with Crippen LogP contribution in [0.5, 0.6) is 5.75 Å². The number of amides is 2. The van der Waals surface area contributed by atoms with Gasteiger partial charge in [-0.3, -0.25) is 14.6 Å². The first-order valence-corrected chi connectivity index (χ1v) is 7.32. The number of hydrogen-bond donors (Lipinski definition) is 1. The van der Waals surface area contributed by atoms with Gasteiger partial charge in [-0.2, -0.15) is 0 Å². The second kappa shape index (κ2) is 6.26. The number of rotatable bonds is 4. The van der Waals surface area contributed by atoms with Crippen LogP contribution in [0.25, 0.3) is 0 Å². The van der Waals surface area contributed by atoms with Crippen LogP contribution in [0.15, 0.2) is 36.7 Å². The number of nitrogens with one attached hydrogen (secondary N) is 1. The highest BCUT2D eigenvalue weighted by Gasteiger charge is 2.28. The molecule has 7 heteroatoms. The van der Waals surface area contributed by atoms with Gasteiger partial charge in [0.25, 0.3) is 0 Å². The molecule has 0 radical (unpaired) electrons. The van der Waals surface area contributed by atoms with E-state index in [2.05, 4.69) is 10.3 Å². The number of pyridine rings is 1. The number of anilines is 2. The Hall–Kier alpha value is -2.60. The van der Waals surface area contributed by atoms with E-state index in [1.807, 2.05) is 0 Å².